The van der Waals surface area contributed by atoms with Crippen molar-refractivity contribution in [3.63, 3.8) is 0 Å². The van der Waals surface area contributed by atoms with Crippen molar-refractivity contribution in [2.24, 2.45) is 0 Å². The summed E-state index contributed by atoms with van der Waals surface area (Å²) >= 11 is 7.04. The van der Waals surface area contributed by atoms with Crippen LogP contribution < -0.4 is 5.56 Å². The summed E-state index contributed by atoms with van der Waals surface area (Å²) in [5.41, 5.74) is 2.20. The highest BCUT2D eigenvalue weighted by Gasteiger charge is 2.21. The molecule has 0 saturated heterocycles. The van der Waals surface area contributed by atoms with E-state index in [1.165, 1.54) is 15.0 Å². The lowest BCUT2D eigenvalue weighted by Gasteiger charge is -2.06. The molecule has 0 fully saturated rings. The molecular formula is C15H13N3OS2. The number of H-pyrrole nitrogens is 1. The number of pyridine rings is 1. The monoisotopic (exact) mass is 315 g/mol. The molecule has 3 aromatic heterocycles. The van der Waals surface area contributed by atoms with E-state index in [4.69, 9.17) is 12.2 Å². The van der Waals surface area contributed by atoms with Crippen molar-refractivity contribution in [1.29, 1.82) is 0 Å². The van der Waals surface area contributed by atoms with E-state index in [1.807, 2.05) is 19.1 Å². The van der Waals surface area contributed by atoms with Gasteiger partial charge in [0.15, 0.2) is 4.77 Å². The predicted molar refractivity (Wildman–Crippen MR) is 87.2 cm³/mol. The van der Waals surface area contributed by atoms with E-state index in [0.29, 0.717) is 10.6 Å². The summed E-state index contributed by atoms with van der Waals surface area (Å²) in [5.74, 6) is 0.584. The Bertz CT molecular complexity index is 981. The molecule has 4 nitrogen and oxygen atoms in total. The van der Waals surface area contributed by atoms with Gasteiger partial charge in [-0.2, -0.15) is 0 Å². The highest BCUT2D eigenvalue weighted by atomic mass is 32.1. The second-order valence-corrected chi connectivity index (χ2v) is 6.82. The van der Waals surface area contributed by atoms with Gasteiger partial charge in [-0.25, -0.2) is 9.55 Å². The molecule has 0 spiro atoms. The van der Waals surface area contributed by atoms with Crippen molar-refractivity contribution in [3.8, 4) is 5.82 Å². The fraction of sp³-hybridized carbons (Fsp3) is 0.267. The molecular weight excluding hydrogens is 302 g/mol. The van der Waals surface area contributed by atoms with Gasteiger partial charge in [0.25, 0.3) is 5.56 Å². The molecule has 0 bridgehead atoms. The Kier molecular flexibility index (Phi) is 2.83. The summed E-state index contributed by atoms with van der Waals surface area (Å²) in [6, 6.07) is 3.78. The molecule has 106 valence electrons. The Hall–Kier alpha value is -1.79. The summed E-state index contributed by atoms with van der Waals surface area (Å²) in [4.78, 5) is 22.6. The van der Waals surface area contributed by atoms with Gasteiger partial charge in [0, 0.05) is 11.1 Å². The van der Waals surface area contributed by atoms with Crippen LogP contribution in [0.2, 0.25) is 0 Å². The number of hydrogen-bond acceptors (Lipinski definition) is 4. The minimum atomic E-state index is -0.0498. The lowest BCUT2D eigenvalue weighted by atomic mass is 10.2. The van der Waals surface area contributed by atoms with Crippen LogP contribution in [0.3, 0.4) is 0 Å². The lowest BCUT2D eigenvalue weighted by molar-refractivity contribution is 0.892. The fourth-order valence-electron chi connectivity index (χ4n) is 2.93. The van der Waals surface area contributed by atoms with Crippen LogP contribution in [0.4, 0.5) is 0 Å². The average molecular weight is 315 g/mol. The molecule has 0 aromatic carbocycles. The second kappa shape index (κ2) is 4.61. The Labute approximate surface area is 130 Å². The van der Waals surface area contributed by atoms with Gasteiger partial charge in [-0.15, -0.1) is 11.3 Å². The molecule has 4 rings (SSSR count). The van der Waals surface area contributed by atoms with Crippen LogP contribution in [0.5, 0.6) is 0 Å². The van der Waals surface area contributed by atoms with E-state index < -0.39 is 0 Å². The summed E-state index contributed by atoms with van der Waals surface area (Å²) in [5, 5.41) is 0.796. The SMILES string of the molecule is Cc1ccnc(-n2c(=S)[nH]c3sc4c(c3c2=O)CCC4)c1. The number of rotatable bonds is 1. The maximum Gasteiger partial charge on any atom is 0.269 e. The van der Waals surface area contributed by atoms with Gasteiger partial charge in [-0.3, -0.25) is 4.79 Å². The first-order valence-electron chi connectivity index (χ1n) is 6.88. The molecule has 1 aliphatic rings. The van der Waals surface area contributed by atoms with E-state index in [2.05, 4.69) is 9.97 Å². The normalized spacial score (nSPS) is 13.8. The molecule has 6 heteroatoms. The van der Waals surface area contributed by atoms with Gasteiger partial charge in [0.1, 0.15) is 10.6 Å². The lowest BCUT2D eigenvalue weighted by Crippen LogP contribution is -2.21. The first-order valence-corrected chi connectivity index (χ1v) is 8.10. The maximum atomic E-state index is 12.9. The summed E-state index contributed by atoms with van der Waals surface area (Å²) < 4.78 is 1.92. The highest BCUT2D eigenvalue weighted by molar-refractivity contribution is 7.71. The van der Waals surface area contributed by atoms with E-state index in [1.54, 1.807) is 17.5 Å². The van der Waals surface area contributed by atoms with Crippen molar-refractivity contribution in [1.82, 2.24) is 14.5 Å². The van der Waals surface area contributed by atoms with Gasteiger partial charge >= 0.3 is 0 Å². The van der Waals surface area contributed by atoms with Crippen molar-refractivity contribution in [2.45, 2.75) is 26.2 Å². The third-order valence-corrected chi connectivity index (χ3v) is 5.38. The van der Waals surface area contributed by atoms with Crippen molar-refractivity contribution in [2.75, 3.05) is 0 Å². The first-order chi connectivity index (χ1) is 10.1. The summed E-state index contributed by atoms with van der Waals surface area (Å²) in [7, 11) is 0. The van der Waals surface area contributed by atoms with Gasteiger partial charge in [0.05, 0.1) is 5.39 Å². The number of aromatic amines is 1. The summed E-state index contributed by atoms with van der Waals surface area (Å²) in [6.07, 6.45) is 4.89. The van der Waals surface area contributed by atoms with Crippen LogP contribution in [-0.4, -0.2) is 14.5 Å². The molecule has 0 amide bonds. The van der Waals surface area contributed by atoms with E-state index in [9.17, 15) is 4.79 Å². The molecule has 0 saturated carbocycles. The van der Waals surface area contributed by atoms with E-state index in [0.717, 1.165) is 35.0 Å². The van der Waals surface area contributed by atoms with E-state index >= 15 is 0 Å². The number of nitrogens with one attached hydrogen (secondary N) is 1. The van der Waals surface area contributed by atoms with Gasteiger partial charge in [-0.05, 0) is 61.7 Å². The Morgan fingerprint density at radius 2 is 2.29 bits per heavy atom. The van der Waals surface area contributed by atoms with Gasteiger partial charge in [0.2, 0.25) is 0 Å². The van der Waals surface area contributed by atoms with Crippen LogP contribution >= 0.6 is 23.6 Å². The van der Waals surface area contributed by atoms with Crippen LogP contribution in [0.1, 0.15) is 22.4 Å². The smallest absolute Gasteiger partial charge is 0.269 e. The zero-order valence-electron chi connectivity index (χ0n) is 11.5. The predicted octanol–water partition coefficient (Wildman–Crippen LogP) is 3.30. The third-order valence-electron chi connectivity index (χ3n) is 3.89. The Morgan fingerprint density at radius 3 is 3.10 bits per heavy atom. The standard InChI is InChI=1S/C15H13N3OS2/c1-8-5-6-16-11(7-8)18-14(19)12-9-3-2-4-10(9)21-13(12)17-15(18)20/h5-7H,2-4H2,1H3,(H,17,20). The molecule has 0 unspecified atom stereocenters. The molecule has 3 heterocycles. The van der Waals surface area contributed by atoms with Gasteiger partial charge in [-0.1, -0.05) is 0 Å². The number of aryl methyl sites for hydroxylation is 3. The van der Waals surface area contributed by atoms with Crippen LogP contribution in [0.15, 0.2) is 23.1 Å². The van der Waals surface area contributed by atoms with E-state index in [-0.39, 0.29) is 5.56 Å². The summed E-state index contributed by atoms with van der Waals surface area (Å²) in [6.45, 7) is 1.98. The second-order valence-electron chi connectivity index (χ2n) is 5.32. The number of nitrogens with zero attached hydrogens (tertiary/aromatic N) is 2. The Morgan fingerprint density at radius 1 is 1.43 bits per heavy atom. The van der Waals surface area contributed by atoms with Crippen molar-refractivity contribution < 1.29 is 0 Å². The Balaban J connectivity index is 2.11. The topological polar surface area (TPSA) is 50.7 Å². The highest BCUT2D eigenvalue weighted by Crippen LogP contribution is 2.34. The fourth-order valence-corrected chi connectivity index (χ4v) is 4.55. The number of thiophene rings is 1. The van der Waals surface area contributed by atoms with Gasteiger partial charge < -0.3 is 4.98 Å². The first kappa shape index (κ1) is 12.9. The quantitative estimate of drug-likeness (QED) is 0.701. The molecule has 1 aliphatic carbocycles. The molecule has 0 aliphatic heterocycles. The van der Waals surface area contributed by atoms with Crippen molar-refractivity contribution >= 4 is 33.8 Å². The number of hydrogen-bond donors (Lipinski definition) is 1. The molecule has 21 heavy (non-hydrogen) atoms. The van der Waals surface area contributed by atoms with Crippen molar-refractivity contribution in [3.05, 3.63) is 49.5 Å². The zero-order chi connectivity index (χ0) is 14.6. The number of fused-ring (bicyclic) bond motifs is 3. The van der Waals surface area contributed by atoms with Crippen LogP contribution in [0.25, 0.3) is 16.0 Å². The average Bonchev–Trinajstić information content (AvgIpc) is 2.98. The molecule has 1 N–H and O–H groups in total. The molecule has 3 aromatic rings. The molecule has 0 radical (unpaired) electrons. The minimum absolute atomic E-state index is 0.0498. The number of aromatic nitrogens is 3. The zero-order valence-corrected chi connectivity index (χ0v) is 13.1. The van der Waals surface area contributed by atoms with Crippen LogP contribution in [0, 0.1) is 11.7 Å². The molecule has 0 atom stereocenters. The minimum Gasteiger partial charge on any atom is -0.323 e. The third kappa shape index (κ3) is 1.90. The largest absolute Gasteiger partial charge is 0.323 e. The van der Waals surface area contributed by atoms with Crippen LogP contribution in [-0.2, 0) is 12.8 Å². The maximum absolute atomic E-state index is 12.9.